The van der Waals surface area contributed by atoms with Crippen molar-refractivity contribution in [3.05, 3.63) is 70.8 Å². The molecule has 6 nitrogen and oxygen atoms in total. The highest BCUT2D eigenvalue weighted by molar-refractivity contribution is 7.90. The first-order chi connectivity index (χ1) is 14.3. The molecule has 2 rings (SSSR count). The van der Waals surface area contributed by atoms with Gasteiger partial charge in [-0.3, -0.25) is 4.79 Å². The first-order valence-corrected chi connectivity index (χ1v) is 10.8. The molecule has 10 heteroatoms. The van der Waals surface area contributed by atoms with Crippen molar-refractivity contribution in [1.82, 2.24) is 0 Å². The van der Waals surface area contributed by atoms with E-state index in [0.717, 1.165) is 30.5 Å². The smallest absolute Gasteiger partial charge is 0.416 e. The summed E-state index contributed by atoms with van der Waals surface area (Å²) in [5.41, 5.74) is -0.768. The molecule has 0 fully saturated rings. The quantitative estimate of drug-likeness (QED) is 0.501. The van der Waals surface area contributed by atoms with Crippen LogP contribution in [0.5, 0.6) is 0 Å². The number of alkyl halides is 3. The molecular formula is C21H19F3O6S. The minimum absolute atomic E-state index is 0.0149. The van der Waals surface area contributed by atoms with Crippen molar-refractivity contribution in [2.24, 2.45) is 0 Å². The van der Waals surface area contributed by atoms with Gasteiger partial charge in [-0.2, -0.15) is 13.2 Å². The molecule has 0 aromatic heterocycles. The molecule has 0 spiro atoms. The summed E-state index contributed by atoms with van der Waals surface area (Å²) in [6, 6.07) is 9.08. The van der Waals surface area contributed by atoms with Crippen molar-refractivity contribution in [3.63, 3.8) is 0 Å². The molecule has 2 aromatic carbocycles. The fourth-order valence-corrected chi connectivity index (χ4v) is 3.47. The molecule has 0 aliphatic carbocycles. The van der Waals surface area contributed by atoms with E-state index in [1.165, 1.54) is 31.2 Å². The summed E-state index contributed by atoms with van der Waals surface area (Å²) in [4.78, 5) is 23.9. The first kappa shape index (κ1) is 24.1. The number of carboxylic acid groups (broad SMARTS) is 1. The van der Waals surface area contributed by atoms with E-state index < -0.39 is 39.9 Å². The summed E-state index contributed by atoms with van der Waals surface area (Å²) in [5.74, 6) is -2.28. The van der Waals surface area contributed by atoms with Crippen molar-refractivity contribution < 1.29 is 41.0 Å². The summed E-state index contributed by atoms with van der Waals surface area (Å²) >= 11 is 0. The number of carbonyl (C=O) groups excluding carboxylic acids is 1. The third-order valence-electron chi connectivity index (χ3n) is 4.22. The largest absolute Gasteiger partial charge is 0.481 e. The fraction of sp³-hybridized carbons (Fsp3) is 0.238. The van der Waals surface area contributed by atoms with Gasteiger partial charge in [0.15, 0.2) is 9.84 Å². The number of rotatable bonds is 7. The molecule has 0 bridgehead atoms. The summed E-state index contributed by atoms with van der Waals surface area (Å²) in [5, 5.41) is 9.28. The van der Waals surface area contributed by atoms with Crippen LogP contribution in [0.15, 0.2) is 59.0 Å². The number of aliphatic carboxylic acids is 1. The number of sulfone groups is 1. The second-order valence-electron chi connectivity index (χ2n) is 6.52. The van der Waals surface area contributed by atoms with Crippen LogP contribution in [0.2, 0.25) is 0 Å². The van der Waals surface area contributed by atoms with Crippen LogP contribution in [-0.2, 0) is 30.3 Å². The van der Waals surface area contributed by atoms with E-state index in [9.17, 15) is 36.3 Å². The van der Waals surface area contributed by atoms with Gasteiger partial charge in [-0.15, -0.1) is 0 Å². The molecule has 0 aliphatic heterocycles. The monoisotopic (exact) mass is 456 g/mol. The molecule has 0 saturated heterocycles. The Morgan fingerprint density at radius 1 is 0.968 bits per heavy atom. The average Bonchev–Trinajstić information content (AvgIpc) is 2.67. The number of carbonyl (C=O) groups is 2. The third kappa shape index (κ3) is 6.17. The molecule has 0 aliphatic rings. The number of esters is 1. The SMILES string of the molecule is CCOC(=O)C(CC(=O)O)=C(c1ccc(C(F)(F)F)cc1)c1ccc(S(C)(=O)=O)cc1. The van der Waals surface area contributed by atoms with E-state index in [0.29, 0.717) is 0 Å². The van der Waals surface area contributed by atoms with E-state index in [1.54, 1.807) is 0 Å². The van der Waals surface area contributed by atoms with Crippen LogP contribution >= 0.6 is 0 Å². The standard InChI is InChI=1S/C21H19F3O6S/c1-3-30-20(27)17(12-18(25)26)19(13-4-8-15(9-5-13)21(22,23)24)14-6-10-16(11-7-14)31(2,28)29/h4-11H,3,12H2,1-2H3,(H,25,26). The summed E-state index contributed by atoms with van der Waals surface area (Å²) < 4.78 is 67.2. The Morgan fingerprint density at radius 3 is 1.84 bits per heavy atom. The Hall–Kier alpha value is -3.14. The predicted octanol–water partition coefficient (Wildman–Crippen LogP) is 3.95. The van der Waals surface area contributed by atoms with Crippen molar-refractivity contribution in [1.29, 1.82) is 0 Å². The number of hydrogen-bond acceptors (Lipinski definition) is 5. The van der Waals surface area contributed by atoms with Crippen molar-refractivity contribution in [2.75, 3.05) is 12.9 Å². The van der Waals surface area contributed by atoms with E-state index in [1.807, 2.05) is 0 Å². The van der Waals surface area contributed by atoms with E-state index in [-0.39, 0.29) is 33.8 Å². The summed E-state index contributed by atoms with van der Waals surface area (Å²) in [6.45, 7) is 1.48. The van der Waals surface area contributed by atoms with Crippen molar-refractivity contribution >= 4 is 27.3 Å². The Bertz CT molecular complexity index is 1100. The number of benzene rings is 2. The predicted molar refractivity (Wildman–Crippen MR) is 106 cm³/mol. The van der Waals surface area contributed by atoms with Gasteiger partial charge in [0, 0.05) is 6.26 Å². The van der Waals surface area contributed by atoms with Gasteiger partial charge in [0.05, 0.1) is 29.1 Å². The maximum atomic E-state index is 12.9. The normalized spacial score (nSPS) is 12.8. The molecular weight excluding hydrogens is 437 g/mol. The first-order valence-electron chi connectivity index (χ1n) is 8.94. The van der Waals surface area contributed by atoms with Crippen LogP contribution < -0.4 is 0 Å². The van der Waals surface area contributed by atoms with Crippen LogP contribution in [0, 0.1) is 0 Å². The molecule has 31 heavy (non-hydrogen) atoms. The van der Waals surface area contributed by atoms with Gasteiger partial charge in [0.25, 0.3) is 0 Å². The number of carboxylic acids is 1. The zero-order chi connectivity index (χ0) is 23.4. The number of halogens is 3. The highest BCUT2D eigenvalue weighted by atomic mass is 32.2. The highest BCUT2D eigenvalue weighted by Gasteiger charge is 2.30. The number of hydrogen-bond donors (Lipinski definition) is 1. The zero-order valence-electron chi connectivity index (χ0n) is 16.6. The van der Waals surface area contributed by atoms with Gasteiger partial charge in [0.2, 0.25) is 0 Å². The van der Waals surface area contributed by atoms with Crippen LogP contribution in [0.4, 0.5) is 13.2 Å². The van der Waals surface area contributed by atoms with Gasteiger partial charge in [0.1, 0.15) is 0 Å². The van der Waals surface area contributed by atoms with Crippen LogP contribution in [0.1, 0.15) is 30.0 Å². The molecule has 0 saturated carbocycles. The lowest BCUT2D eigenvalue weighted by molar-refractivity contribution is -0.142. The lowest BCUT2D eigenvalue weighted by Gasteiger charge is -2.16. The van der Waals surface area contributed by atoms with Crippen LogP contribution in [0.25, 0.3) is 5.57 Å². The minimum Gasteiger partial charge on any atom is -0.481 e. The van der Waals surface area contributed by atoms with Crippen LogP contribution in [-0.4, -0.2) is 38.3 Å². The Labute approximate surface area is 176 Å². The summed E-state index contributed by atoms with van der Waals surface area (Å²) in [6.07, 6.45) is -4.32. The molecule has 0 atom stereocenters. The van der Waals surface area contributed by atoms with Gasteiger partial charge in [-0.25, -0.2) is 13.2 Å². The van der Waals surface area contributed by atoms with Crippen LogP contribution in [0.3, 0.4) is 0 Å². The molecule has 0 unspecified atom stereocenters. The minimum atomic E-state index is -4.58. The molecule has 1 N–H and O–H groups in total. The molecule has 0 heterocycles. The molecule has 0 amide bonds. The Balaban J connectivity index is 2.76. The second-order valence-corrected chi connectivity index (χ2v) is 8.53. The summed E-state index contributed by atoms with van der Waals surface area (Å²) in [7, 11) is -3.52. The third-order valence-corrected chi connectivity index (χ3v) is 5.35. The molecule has 166 valence electrons. The maximum absolute atomic E-state index is 12.9. The highest BCUT2D eigenvalue weighted by Crippen LogP contribution is 2.34. The Morgan fingerprint density at radius 2 is 1.45 bits per heavy atom. The lowest BCUT2D eigenvalue weighted by atomic mass is 9.91. The second kappa shape index (κ2) is 9.34. The van der Waals surface area contributed by atoms with Crippen molar-refractivity contribution in [2.45, 2.75) is 24.4 Å². The topological polar surface area (TPSA) is 97.7 Å². The lowest BCUT2D eigenvalue weighted by Crippen LogP contribution is -2.14. The van der Waals surface area contributed by atoms with Gasteiger partial charge in [-0.05, 0) is 47.9 Å². The van der Waals surface area contributed by atoms with E-state index >= 15 is 0 Å². The number of ether oxygens (including phenoxy) is 1. The van der Waals surface area contributed by atoms with E-state index in [2.05, 4.69) is 0 Å². The maximum Gasteiger partial charge on any atom is 0.416 e. The Kier molecular flexibility index (Phi) is 7.27. The van der Waals surface area contributed by atoms with Gasteiger partial charge >= 0.3 is 18.1 Å². The molecule has 2 aromatic rings. The van der Waals surface area contributed by atoms with Gasteiger partial charge in [-0.1, -0.05) is 24.3 Å². The van der Waals surface area contributed by atoms with Gasteiger partial charge < -0.3 is 9.84 Å². The zero-order valence-corrected chi connectivity index (χ0v) is 17.4. The fourth-order valence-electron chi connectivity index (χ4n) is 2.84. The van der Waals surface area contributed by atoms with E-state index in [4.69, 9.17) is 4.74 Å². The van der Waals surface area contributed by atoms with Crippen molar-refractivity contribution in [3.8, 4) is 0 Å². The molecule has 0 radical (unpaired) electrons. The average molecular weight is 456 g/mol.